The summed E-state index contributed by atoms with van der Waals surface area (Å²) in [4.78, 5) is 36.5. The number of hydrogen-bond donors (Lipinski definition) is 3. The Labute approximate surface area is 165 Å². The van der Waals surface area contributed by atoms with Gasteiger partial charge in [-0.3, -0.25) is 14.4 Å². The molecule has 1 aromatic heterocycles. The van der Waals surface area contributed by atoms with E-state index in [0.29, 0.717) is 12.2 Å². The molecule has 0 aliphatic carbocycles. The summed E-state index contributed by atoms with van der Waals surface area (Å²) in [6, 6.07) is 6.00. The largest absolute Gasteiger partial charge is 0.464 e. The molecule has 0 spiro atoms. The number of furan rings is 1. The Morgan fingerprint density at radius 3 is 2.59 bits per heavy atom. The van der Waals surface area contributed by atoms with Crippen molar-refractivity contribution >= 4 is 23.0 Å². The molecule has 2 aromatic carbocycles. The van der Waals surface area contributed by atoms with Crippen LogP contribution in [0.25, 0.3) is 0 Å². The van der Waals surface area contributed by atoms with Gasteiger partial charge in [0, 0.05) is 12.1 Å². The summed E-state index contributed by atoms with van der Waals surface area (Å²) in [5, 5.41) is 8.53. The second kappa shape index (κ2) is 7.20. The molecule has 0 saturated carbocycles. The number of fused-ring (bicyclic) bond motifs is 1. The molecule has 8 heteroatoms. The van der Waals surface area contributed by atoms with Gasteiger partial charge in [0.05, 0.1) is 17.3 Å². The average Bonchev–Trinajstić information content (AvgIpc) is 3.31. The van der Waals surface area contributed by atoms with E-state index in [1.807, 2.05) is 26.0 Å². The molecule has 1 aliphatic heterocycles. The van der Waals surface area contributed by atoms with E-state index in [9.17, 15) is 18.8 Å². The summed E-state index contributed by atoms with van der Waals surface area (Å²) in [7, 11) is 0. The van der Waals surface area contributed by atoms with Gasteiger partial charge in [-0.25, -0.2) is 4.39 Å². The van der Waals surface area contributed by atoms with Crippen molar-refractivity contribution in [3.63, 3.8) is 0 Å². The molecule has 3 N–H and O–H groups in total. The number of amides is 1. The molecule has 150 valence electrons. The fourth-order valence-electron chi connectivity index (χ4n) is 3.59. The minimum Gasteiger partial charge on any atom is -0.464 e. The number of rotatable bonds is 7. The molecule has 0 radical (unpaired) electrons. The van der Waals surface area contributed by atoms with Crippen molar-refractivity contribution in [2.45, 2.75) is 39.3 Å². The third kappa shape index (κ3) is 3.20. The summed E-state index contributed by atoms with van der Waals surface area (Å²) >= 11 is 0. The van der Waals surface area contributed by atoms with Crippen LogP contribution in [0.5, 0.6) is 0 Å². The van der Waals surface area contributed by atoms with Gasteiger partial charge in [-0.1, -0.05) is 13.3 Å². The summed E-state index contributed by atoms with van der Waals surface area (Å²) in [5.74, 6) is 0.498. The van der Waals surface area contributed by atoms with Crippen LogP contribution in [0.1, 0.15) is 53.2 Å². The van der Waals surface area contributed by atoms with Gasteiger partial charge in [0.25, 0.3) is 16.8 Å². The minimum absolute atomic E-state index is 0.0629. The van der Waals surface area contributed by atoms with Crippen LogP contribution >= 0.6 is 0 Å². The van der Waals surface area contributed by atoms with Gasteiger partial charge in [-0.2, -0.15) is 0 Å². The van der Waals surface area contributed by atoms with Crippen molar-refractivity contribution < 1.29 is 13.6 Å². The quantitative estimate of drug-likeness (QED) is 0.529. The highest BCUT2D eigenvalue weighted by Crippen LogP contribution is 2.32. The van der Waals surface area contributed by atoms with Gasteiger partial charge in [0.1, 0.15) is 28.7 Å². The summed E-state index contributed by atoms with van der Waals surface area (Å²) in [6.45, 7) is 3.92. The number of halogens is 1. The van der Waals surface area contributed by atoms with Gasteiger partial charge in [-0.05, 0) is 37.6 Å². The lowest BCUT2D eigenvalue weighted by molar-refractivity contribution is 0.0966. The Bertz CT molecular complexity index is 1170. The van der Waals surface area contributed by atoms with E-state index in [2.05, 4.69) is 16.0 Å². The Morgan fingerprint density at radius 2 is 1.90 bits per heavy atom. The molecule has 0 unspecified atom stereocenters. The zero-order valence-corrected chi connectivity index (χ0v) is 16.0. The van der Waals surface area contributed by atoms with Crippen LogP contribution in [0.15, 0.2) is 38.3 Å². The van der Waals surface area contributed by atoms with Crippen molar-refractivity contribution in [3.05, 3.63) is 73.2 Å². The van der Waals surface area contributed by atoms with Crippen LogP contribution in [0.2, 0.25) is 0 Å². The zero-order valence-electron chi connectivity index (χ0n) is 16.0. The molecule has 1 aliphatic rings. The Hall–Kier alpha value is -3.42. The van der Waals surface area contributed by atoms with Crippen molar-refractivity contribution in [2.75, 3.05) is 10.6 Å². The predicted octanol–water partition coefficient (Wildman–Crippen LogP) is 3.26. The van der Waals surface area contributed by atoms with Crippen LogP contribution in [-0.4, -0.2) is 5.91 Å². The number of carbonyl (C=O) groups is 1. The molecule has 1 atom stereocenters. The molecule has 7 nitrogen and oxygen atoms in total. The maximum atomic E-state index is 14.0. The lowest BCUT2D eigenvalue weighted by Crippen LogP contribution is -2.37. The van der Waals surface area contributed by atoms with Crippen molar-refractivity contribution in [3.8, 4) is 0 Å². The van der Waals surface area contributed by atoms with Gasteiger partial charge in [-0.15, -0.1) is 0 Å². The monoisotopic (exact) mass is 397 g/mol. The van der Waals surface area contributed by atoms with E-state index in [4.69, 9.17) is 4.42 Å². The molecule has 3 aromatic rings. The fourth-order valence-corrected chi connectivity index (χ4v) is 3.59. The smallest absolute Gasteiger partial charge is 0.254 e. The van der Waals surface area contributed by atoms with Crippen LogP contribution < -0.4 is 26.8 Å². The Morgan fingerprint density at radius 1 is 1.14 bits per heavy atom. The molecular weight excluding hydrogens is 377 g/mol. The van der Waals surface area contributed by atoms with Crippen LogP contribution in [0.4, 0.5) is 21.5 Å². The minimum atomic E-state index is -0.685. The molecular formula is C21H20FN3O4. The number of nitrogens with one attached hydrogen (secondary N) is 3. The maximum absolute atomic E-state index is 14.0. The van der Waals surface area contributed by atoms with Crippen molar-refractivity contribution in [2.24, 2.45) is 0 Å². The SMILES string of the molecule is CCC[C@@H](Nc1c(Nc2ccc(F)c3c2C(=O)NC3)c(=O)c1=O)c1ccc(C)o1. The first-order chi connectivity index (χ1) is 13.9. The highest BCUT2D eigenvalue weighted by atomic mass is 19.1. The first kappa shape index (κ1) is 18.9. The van der Waals surface area contributed by atoms with Crippen LogP contribution in [0, 0.1) is 12.7 Å². The number of carbonyl (C=O) groups excluding carboxylic acids is 1. The highest BCUT2D eigenvalue weighted by molar-refractivity contribution is 6.04. The normalized spacial score (nSPS) is 14.0. The third-order valence-corrected chi connectivity index (χ3v) is 5.08. The van der Waals surface area contributed by atoms with E-state index < -0.39 is 22.6 Å². The second-order valence-corrected chi connectivity index (χ2v) is 7.10. The van der Waals surface area contributed by atoms with Gasteiger partial charge < -0.3 is 20.4 Å². The number of benzene rings is 1. The number of anilines is 3. The third-order valence-electron chi connectivity index (χ3n) is 5.08. The second-order valence-electron chi connectivity index (χ2n) is 7.10. The molecule has 4 rings (SSSR count). The fraction of sp³-hybridized carbons (Fsp3) is 0.286. The summed E-state index contributed by atoms with van der Waals surface area (Å²) in [5.41, 5.74) is -0.451. The van der Waals surface area contributed by atoms with E-state index in [0.717, 1.165) is 12.2 Å². The lowest BCUT2D eigenvalue weighted by atomic mass is 10.0. The van der Waals surface area contributed by atoms with E-state index in [-0.39, 0.29) is 40.8 Å². The van der Waals surface area contributed by atoms with E-state index in [1.54, 1.807) is 0 Å². The summed E-state index contributed by atoms with van der Waals surface area (Å²) < 4.78 is 19.6. The zero-order chi connectivity index (χ0) is 20.7. The maximum Gasteiger partial charge on any atom is 0.254 e. The molecule has 0 bridgehead atoms. The molecule has 0 saturated heterocycles. The predicted molar refractivity (Wildman–Crippen MR) is 107 cm³/mol. The van der Waals surface area contributed by atoms with Crippen molar-refractivity contribution in [1.29, 1.82) is 0 Å². The van der Waals surface area contributed by atoms with E-state index in [1.165, 1.54) is 12.1 Å². The number of aryl methyl sites for hydroxylation is 1. The highest BCUT2D eigenvalue weighted by Gasteiger charge is 2.29. The molecule has 29 heavy (non-hydrogen) atoms. The Kier molecular flexibility index (Phi) is 4.70. The average molecular weight is 397 g/mol. The lowest BCUT2D eigenvalue weighted by Gasteiger charge is -2.21. The van der Waals surface area contributed by atoms with Crippen LogP contribution in [0.3, 0.4) is 0 Å². The van der Waals surface area contributed by atoms with Crippen molar-refractivity contribution in [1.82, 2.24) is 5.32 Å². The first-order valence-electron chi connectivity index (χ1n) is 9.43. The topological polar surface area (TPSA) is 100 Å². The van der Waals surface area contributed by atoms with Gasteiger partial charge in [0.2, 0.25) is 0 Å². The molecule has 0 fully saturated rings. The van der Waals surface area contributed by atoms with E-state index >= 15 is 0 Å². The standard InChI is InChI=1S/C21H20FN3O4/c1-3-4-13(15-8-5-10(2)29-15)24-17-18(20(27)19(17)26)25-14-7-6-12(22)11-9-23-21(28)16(11)14/h5-8,13,24-25H,3-4,9H2,1-2H3,(H,23,28)/t13-/m1/s1. The summed E-state index contributed by atoms with van der Waals surface area (Å²) in [6.07, 6.45) is 1.53. The van der Waals surface area contributed by atoms with Gasteiger partial charge >= 0.3 is 0 Å². The Balaban J connectivity index is 1.66. The van der Waals surface area contributed by atoms with Crippen LogP contribution in [-0.2, 0) is 6.54 Å². The first-order valence-corrected chi connectivity index (χ1v) is 9.43. The molecule has 1 amide bonds. The molecule has 2 heterocycles. The number of hydrogen-bond acceptors (Lipinski definition) is 6. The van der Waals surface area contributed by atoms with Gasteiger partial charge in [0.15, 0.2) is 0 Å².